The fourth-order valence-electron chi connectivity index (χ4n) is 3.48. The zero-order valence-corrected chi connectivity index (χ0v) is 12.2. The SMILES string of the molecule is CC1CCCC(NC(=O)C2(CN)CCCC2)C1.Cl. The molecular formula is C14H27ClN2O. The lowest BCUT2D eigenvalue weighted by molar-refractivity contribution is -0.131. The number of carbonyl (C=O) groups excluding carboxylic acids is 1. The molecule has 2 rings (SSSR count). The molecule has 2 saturated carbocycles. The van der Waals surface area contributed by atoms with Gasteiger partial charge in [0.05, 0.1) is 5.41 Å². The Labute approximate surface area is 117 Å². The normalized spacial score (nSPS) is 30.6. The molecule has 0 aromatic heterocycles. The van der Waals surface area contributed by atoms with Crippen molar-refractivity contribution in [1.82, 2.24) is 5.32 Å². The summed E-state index contributed by atoms with van der Waals surface area (Å²) < 4.78 is 0. The first-order valence-electron chi connectivity index (χ1n) is 7.17. The van der Waals surface area contributed by atoms with Crippen molar-refractivity contribution in [3.63, 3.8) is 0 Å². The first-order chi connectivity index (χ1) is 8.16. The summed E-state index contributed by atoms with van der Waals surface area (Å²) in [6.45, 7) is 2.80. The van der Waals surface area contributed by atoms with Crippen molar-refractivity contribution in [1.29, 1.82) is 0 Å². The van der Waals surface area contributed by atoms with Crippen LogP contribution < -0.4 is 11.1 Å². The van der Waals surface area contributed by atoms with Crippen molar-refractivity contribution < 1.29 is 4.79 Å². The van der Waals surface area contributed by atoms with Gasteiger partial charge in [0, 0.05) is 12.6 Å². The zero-order chi connectivity index (χ0) is 12.3. The summed E-state index contributed by atoms with van der Waals surface area (Å²) in [5.74, 6) is 0.989. The Kier molecular flexibility index (Phi) is 5.93. The van der Waals surface area contributed by atoms with E-state index < -0.39 is 0 Å². The van der Waals surface area contributed by atoms with E-state index in [-0.39, 0.29) is 23.7 Å². The lowest BCUT2D eigenvalue weighted by Crippen LogP contribution is -2.48. The van der Waals surface area contributed by atoms with E-state index in [1.165, 1.54) is 12.8 Å². The van der Waals surface area contributed by atoms with Crippen LogP contribution in [0.3, 0.4) is 0 Å². The molecule has 18 heavy (non-hydrogen) atoms. The van der Waals surface area contributed by atoms with Crippen LogP contribution in [-0.4, -0.2) is 18.5 Å². The van der Waals surface area contributed by atoms with Gasteiger partial charge in [-0.25, -0.2) is 0 Å². The summed E-state index contributed by atoms with van der Waals surface area (Å²) in [6.07, 6.45) is 9.14. The first kappa shape index (κ1) is 15.8. The molecule has 4 heteroatoms. The van der Waals surface area contributed by atoms with Gasteiger partial charge in [-0.1, -0.05) is 32.6 Å². The standard InChI is InChI=1S/C14H26N2O.ClH/c1-11-5-4-6-12(9-11)16-13(17)14(10-15)7-2-3-8-14;/h11-12H,2-10,15H2,1H3,(H,16,17);1H. The maximum absolute atomic E-state index is 12.4. The summed E-state index contributed by atoms with van der Waals surface area (Å²) in [5, 5.41) is 3.26. The minimum absolute atomic E-state index is 0. The van der Waals surface area contributed by atoms with Crippen LogP contribution in [0.25, 0.3) is 0 Å². The molecule has 1 amide bonds. The monoisotopic (exact) mass is 274 g/mol. The van der Waals surface area contributed by atoms with E-state index >= 15 is 0 Å². The maximum Gasteiger partial charge on any atom is 0.227 e. The van der Waals surface area contributed by atoms with Crippen molar-refractivity contribution in [2.24, 2.45) is 17.1 Å². The van der Waals surface area contributed by atoms with Crippen molar-refractivity contribution >= 4 is 18.3 Å². The summed E-state index contributed by atoms with van der Waals surface area (Å²) in [5.41, 5.74) is 5.61. The molecule has 3 N–H and O–H groups in total. The fraction of sp³-hybridized carbons (Fsp3) is 0.929. The highest BCUT2D eigenvalue weighted by Crippen LogP contribution is 2.37. The van der Waals surface area contributed by atoms with Crippen LogP contribution in [0.15, 0.2) is 0 Å². The van der Waals surface area contributed by atoms with Crippen LogP contribution >= 0.6 is 12.4 Å². The smallest absolute Gasteiger partial charge is 0.227 e. The van der Waals surface area contributed by atoms with Crippen LogP contribution in [0.4, 0.5) is 0 Å². The number of amides is 1. The first-order valence-corrected chi connectivity index (χ1v) is 7.17. The third-order valence-electron chi connectivity index (χ3n) is 4.70. The Balaban J connectivity index is 0.00000162. The van der Waals surface area contributed by atoms with E-state index in [2.05, 4.69) is 12.2 Å². The molecule has 0 bridgehead atoms. The van der Waals surface area contributed by atoms with Gasteiger partial charge in [0.15, 0.2) is 0 Å². The van der Waals surface area contributed by atoms with E-state index in [4.69, 9.17) is 5.73 Å². The number of nitrogens with two attached hydrogens (primary N) is 1. The summed E-state index contributed by atoms with van der Waals surface area (Å²) in [6, 6.07) is 0.398. The number of hydrogen-bond acceptors (Lipinski definition) is 2. The molecule has 0 saturated heterocycles. The van der Waals surface area contributed by atoms with Gasteiger partial charge in [0.1, 0.15) is 0 Å². The highest BCUT2D eigenvalue weighted by molar-refractivity contribution is 5.85. The molecule has 2 atom stereocenters. The number of halogens is 1. The minimum atomic E-state index is -0.235. The molecule has 106 valence electrons. The molecular weight excluding hydrogens is 248 g/mol. The number of hydrogen-bond donors (Lipinski definition) is 2. The second-order valence-corrected chi connectivity index (χ2v) is 6.13. The highest BCUT2D eigenvalue weighted by atomic mass is 35.5. The van der Waals surface area contributed by atoms with Crippen LogP contribution in [0.2, 0.25) is 0 Å². The number of carbonyl (C=O) groups is 1. The minimum Gasteiger partial charge on any atom is -0.353 e. The van der Waals surface area contributed by atoms with Crippen molar-refractivity contribution in [2.45, 2.75) is 64.3 Å². The second kappa shape index (κ2) is 6.76. The van der Waals surface area contributed by atoms with E-state index in [0.717, 1.165) is 44.4 Å². The van der Waals surface area contributed by atoms with Gasteiger partial charge < -0.3 is 11.1 Å². The predicted octanol–water partition coefficient (Wildman–Crippen LogP) is 2.62. The van der Waals surface area contributed by atoms with E-state index in [0.29, 0.717) is 12.6 Å². The molecule has 0 heterocycles. The van der Waals surface area contributed by atoms with Crippen molar-refractivity contribution in [2.75, 3.05) is 6.54 Å². The second-order valence-electron chi connectivity index (χ2n) is 6.13. The van der Waals surface area contributed by atoms with Crippen LogP contribution in [0, 0.1) is 11.3 Å². The lowest BCUT2D eigenvalue weighted by atomic mass is 9.83. The van der Waals surface area contributed by atoms with E-state index in [9.17, 15) is 4.79 Å². The fourth-order valence-corrected chi connectivity index (χ4v) is 3.48. The largest absolute Gasteiger partial charge is 0.353 e. The molecule has 0 aromatic rings. The van der Waals surface area contributed by atoms with Crippen molar-refractivity contribution in [3.05, 3.63) is 0 Å². The summed E-state index contributed by atoms with van der Waals surface area (Å²) >= 11 is 0. The van der Waals surface area contributed by atoms with E-state index in [1.807, 2.05) is 0 Å². The Morgan fingerprint density at radius 3 is 2.50 bits per heavy atom. The predicted molar refractivity (Wildman–Crippen MR) is 76.8 cm³/mol. The average Bonchev–Trinajstić information content (AvgIpc) is 2.78. The van der Waals surface area contributed by atoms with Crippen LogP contribution in [-0.2, 0) is 4.79 Å². The molecule has 2 aliphatic rings. The molecule has 0 radical (unpaired) electrons. The molecule has 0 aliphatic heterocycles. The maximum atomic E-state index is 12.4. The van der Waals surface area contributed by atoms with Gasteiger partial charge in [0.2, 0.25) is 5.91 Å². The van der Waals surface area contributed by atoms with E-state index in [1.54, 1.807) is 0 Å². The van der Waals surface area contributed by atoms with Gasteiger partial charge in [-0.2, -0.15) is 0 Å². The molecule has 0 aromatic carbocycles. The quantitative estimate of drug-likeness (QED) is 0.831. The molecule has 2 aliphatic carbocycles. The molecule has 2 unspecified atom stereocenters. The average molecular weight is 275 g/mol. The van der Waals surface area contributed by atoms with Gasteiger partial charge in [-0.15, -0.1) is 12.4 Å². The van der Waals surface area contributed by atoms with Crippen LogP contribution in [0.1, 0.15) is 58.3 Å². The van der Waals surface area contributed by atoms with Gasteiger partial charge in [0.25, 0.3) is 0 Å². The Morgan fingerprint density at radius 1 is 1.28 bits per heavy atom. The number of nitrogens with one attached hydrogen (secondary N) is 1. The third kappa shape index (κ3) is 3.39. The highest BCUT2D eigenvalue weighted by Gasteiger charge is 2.40. The molecule has 0 spiro atoms. The summed E-state index contributed by atoms with van der Waals surface area (Å²) in [4.78, 5) is 12.4. The Bertz CT molecular complexity index is 277. The summed E-state index contributed by atoms with van der Waals surface area (Å²) in [7, 11) is 0. The Hall–Kier alpha value is -0.280. The van der Waals surface area contributed by atoms with Gasteiger partial charge >= 0.3 is 0 Å². The Morgan fingerprint density at radius 2 is 1.94 bits per heavy atom. The topological polar surface area (TPSA) is 55.1 Å². The van der Waals surface area contributed by atoms with Gasteiger partial charge in [-0.05, 0) is 31.6 Å². The molecule has 2 fully saturated rings. The zero-order valence-electron chi connectivity index (χ0n) is 11.4. The molecule has 3 nitrogen and oxygen atoms in total. The lowest BCUT2D eigenvalue weighted by Gasteiger charge is -2.32. The number of rotatable bonds is 3. The van der Waals surface area contributed by atoms with Gasteiger partial charge in [-0.3, -0.25) is 4.79 Å². The van der Waals surface area contributed by atoms with Crippen LogP contribution in [0.5, 0.6) is 0 Å². The van der Waals surface area contributed by atoms with Crippen molar-refractivity contribution in [3.8, 4) is 0 Å². The third-order valence-corrected chi connectivity index (χ3v) is 4.70.